The summed E-state index contributed by atoms with van der Waals surface area (Å²) in [6.45, 7) is 4.24. The van der Waals surface area contributed by atoms with Gasteiger partial charge in [0.1, 0.15) is 5.82 Å². The van der Waals surface area contributed by atoms with Gasteiger partial charge in [-0.1, -0.05) is 6.07 Å². The number of amides is 1. The first-order chi connectivity index (χ1) is 9.01. The first kappa shape index (κ1) is 14.9. The zero-order valence-corrected chi connectivity index (χ0v) is 10.9. The molecule has 1 aromatic rings. The predicted molar refractivity (Wildman–Crippen MR) is 69.9 cm³/mol. The Hall–Kier alpha value is -2.11. The second-order valence-electron chi connectivity index (χ2n) is 3.91. The molecule has 0 radical (unpaired) electrons. The molecule has 0 bridgehead atoms. The largest absolute Gasteiger partial charge is 0.478 e. The van der Waals surface area contributed by atoms with Gasteiger partial charge in [0.2, 0.25) is 5.91 Å². The lowest BCUT2D eigenvalue weighted by molar-refractivity contribution is -0.119. The first-order valence-corrected chi connectivity index (χ1v) is 6.04. The van der Waals surface area contributed by atoms with Gasteiger partial charge in [0.25, 0.3) is 0 Å². The van der Waals surface area contributed by atoms with Crippen molar-refractivity contribution in [3.8, 4) is 0 Å². The quantitative estimate of drug-likeness (QED) is 0.820. The molecule has 104 valence electrons. The number of carboxylic acids is 1. The molecule has 1 aromatic carbocycles. The van der Waals surface area contributed by atoms with Gasteiger partial charge >= 0.3 is 5.97 Å². The summed E-state index contributed by atoms with van der Waals surface area (Å²) in [6, 6.07) is 3.84. The van der Waals surface area contributed by atoms with Crippen LogP contribution in [0.2, 0.25) is 0 Å². The zero-order chi connectivity index (χ0) is 14.4. The van der Waals surface area contributed by atoms with Gasteiger partial charge < -0.3 is 15.3 Å². The summed E-state index contributed by atoms with van der Waals surface area (Å²) in [5.74, 6) is -2.14. The van der Waals surface area contributed by atoms with Crippen molar-refractivity contribution in [2.24, 2.45) is 0 Å². The second-order valence-corrected chi connectivity index (χ2v) is 3.91. The number of carbonyl (C=O) groups is 2. The van der Waals surface area contributed by atoms with Crippen molar-refractivity contribution in [3.63, 3.8) is 0 Å². The van der Waals surface area contributed by atoms with Crippen LogP contribution in [-0.4, -0.2) is 36.6 Å². The Kier molecular flexibility index (Phi) is 5.29. The zero-order valence-electron chi connectivity index (χ0n) is 10.9. The smallest absolute Gasteiger partial charge is 0.337 e. The molecular formula is C13H17FN2O3. The minimum atomic E-state index is -1.22. The Labute approximate surface area is 111 Å². The Bertz CT molecular complexity index is 477. The summed E-state index contributed by atoms with van der Waals surface area (Å²) in [7, 11) is 0. The van der Waals surface area contributed by atoms with Gasteiger partial charge in [0.05, 0.1) is 17.8 Å². The molecule has 0 aliphatic heterocycles. The number of nitrogens with zero attached hydrogens (tertiary/aromatic N) is 1. The van der Waals surface area contributed by atoms with Crippen LogP contribution >= 0.6 is 0 Å². The van der Waals surface area contributed by atoms with Crippen LogP contribution in [0, 0.1) is 5.82 Å². The van der Waals surface area contributed by atoms with E-state index < -0.39 is 11.8 Å². The van der Waals surface area contributed by atoms with Crippen molar-refractivity contribution in [2.75, 3.05) is 24.5 Å². The number of aromatic carboxylic acids is 1. The molecule has 1 rings (SSSR count). The first-order valence-electron chi connectivity index (χ1n) is 6.04. The normalized spacial score (nSPS) is 10.1. The highest BCUT2D eigenvalue weighted by Gasteiger charge is 2.20. The lowest BCUT2D eigenvalue weighted by atomic mass is 10.1. The third-order valence-corrected chi connectivity index (χ3v) is 2.62. The molecule has 5 nitrogen and oxygen atoms in total. The van der Waals surface area contributed by atoms with E-state index in [0.717, 1.165) is 0 Å². The van der Waals surface area contributed by atoms with E-state index in [1.165, 1.54) is 23.1 Å². The lowest BCUT2D eigenvalue weighted by Gasteiger charge is -2.24. The van der Waals surface area contributed by atoms with Gasteiger partial charge in [0.15, 0.2) is 0 Å². The van der Waals surface area contributed by atoms with Crippen molar-refractivity contribution in [1.82, 2.24) is 5.32 Å². The summed E-state index contributed by atoms with van der Waals surface area (Å²) >= 11 is 0. The number of carboxylic acid groups (broad SMARTS) is 1. The molecule has 0 saturated heterocycles. The molecule has 0 aliphatic carbocycles. The minimum Gasteiger partial charge on any atom is -0.478 e. The third-order valence-electron chi connectivity index (χ3n) is 2.62. The molecule has 0 aliphatic rings. The molecule has 0 saturated carbocycles. The van der Waals surface area contributed by atoms with Crippen LogP contribution in [0.15, 0.2) is 18.2 Å². The Morgan fingerprint density at radius 1 is 1.37 bits per heavy atom. The van der Waals surface area contributed by atoms with E-state index in [1.54, 1.807) is 13.8 Å². The molecule has 0 spiro atoms. The maximum Gasteiger partial charge on any atom is 0.337 e. The number of likely N-dealkylation sites (N-methyl/N-ethyl adjacent to an activating group) is 2. The molecular weight excluding hydrogens is 251 g/mol. The number of para-hydroxylation sites is 1. The fraction of sp³-hybridized carbons (Fsp3) is 0.385. The molecule has 0 atom stereocenters. The molecule has 0 unspecified atom stereocenters. The predicted octanol–water partition coefficient (Wildman–Crippen LogP) is 1.49. The molecule has 1 amide bonds. The molecule has 0 aromatic heterocycles. The molecule has 6 heteroatoms. The van der Waals surface area contributed by atoms with Gasteiger partial charge in [-0.25, -0.2) is 9.18 Å². The number of benzene rings is 1. The number of hydrogen-bond donors (Lipinski definition) is 2. The monoisotopic (exact) mass is 268 g/mol. The summed E-state index contributed by atoms with van der Waals surface area (Å²) < 4.78 is 13.8. The maximum atomic E-state index is 13.8. The number of carbonyl (C=O) groups excluding carboxylic acids is 1. The summed E-state index contributed by atoms with van der Waals surface area (Å²) in [4.78, 5) is 24.1. The van der Waals surface area contributed by atoms with Crippen LogP contribution in [0.1, 0.15) is 24.2 Å². The van der Waals surface area contributed by atoms with Crippen molar-refractivity contribution in [2.45, 2.75) is 13.8 Å². The molecule has 0 fully saturated rings. The van der Waals surface area contributed by atoms with Gasteiger partial charge in [0, 0.05) is 13.1 Å². The van der Waals surface area contributed by atoms with Crippen LogP contribution in [0.25, 0.3) is 0 Å². The SMILES string of the molecule is CCNC(=O)CN(CC)c1c(F)cccc1C(=O)O. The van der Waals surface area contributed by atoms with Crippen LogP contribution < -0.4 is 10.2 Å². The topological polar surface area (TPSA) is 69.6 Å². The van der Waals surface area contributed by atoms with Gasteiger partial charge in [-0.05, 0) is 26.0 Å². The average Bonchev–Trinajstić information content (AvgIpc) is 2.36. The Balaban J connectivity index is 3.10. The van der Waals surface area contributed by atoms with E-state index in [1.807, 2.05) is 0 Å². The fourth-order valence-electron chi connectivity index (χ4n) is 1.78. The van der Waals surface area contributed by atoms with Crippen molar-refractivity contribution < 1.29 is 19.1 Å². The summed E-state index contributed by atoms with van der Waals surface area (Å²) in [5, 5.41) is 11.7. The van der Waals surface area contributed by atoms with Gasteiger partial charge in [-0.2, -0.15) is 0 Å². The van der Waals surface area contributed by atoms with Crippen molar-refractivity contribution in [3.05, 3.63) is 29.6 Å². The maximum absolute atomic E-state index is 13.8. The lowest BCUT2D eigenvalue weighted by Crippen LogP contribution is -2.38. The highest BCUT2D eigenvalue weighted by atomic mass is 19.1. The fourth-order valence-corrected chi connectivity index (χ4v) is 1.78. The number of anilines is 1. The van der Waals surface area contributed by atoms with Crippen molar-refractivity contribution in [1.29, 1.82) is 0 Å². The van der Waals surface area contributed by atoms with Crippen LogP contribution in [0.5, 0.6) is 0 Å². The van der Waals surface area contributed by atoms with Crippen LogP contribution in [-0.2, 0) is 4.79 Å². The highest BCUT2D eigenvalue weighted by Crippen LogP contribution is 2.24. The van der Waals surface area contributed by atoms with Crippen molar-refractivity contribution >= 4 is 17.6 Å². The molecule has 2 N–H and O–H groups in total. The Morgan fingerprint density at radius 2 is 2.05 bits per heavy atom. The number of rotatable bonds is 6. The van der Waals surface area contributed by atoms with E-state index in [-0.39, 0.29) is 23.7 Å². The summed E-state index contributed by atoms with van der Waals surface area (Å²) in [5.41, 5.74) is -0.199. The highest BCUT2D eigenvalue weighted by molar-refractivity contribution is 5.95. The van der Waals surface area contributed by atoms with Crippen LogP contribution in [0.3, 0.4) is 0 Å². The van der Waals surface area contributed by atoms with Gasteiger partial charge in [-0.3, -0.25) is 4.79 Å². The minimum absolute atomic E-state index is 0.0521. The van der Waals surface area contributed by atoms with E-state index in [4.69, 9.17) is 5.11 Å². The molecule has 0 heterocycles. The Morgan fingerprint density at radius 3 is 2.58 bits per heavy atom. The van der Waals surface area contributed by atoms with Gasteiger partial charge in [-0.15, -0.1) is 0 Å². The second kappa shape index (κ2) is 6.72. The molecule has 19 heavy (non-hydrogen) atoms. The number of hydrogen-bond acceptors (Lipinski definition) is 3. The number of nitrogens with one attached hydrogen (secondary N) is 1. The van der Waals surface area contributed by atoms with Crippen LogP contribution in [0.4, 0.5) is 10.1 Å². The van der Waals surface area contributed by atoms with E-state index in [9.17, 15) is 14.0 Å². The summed E-state index contributed by atoms with van der Waals surface area (Å²) in [6.07, 6.45) is 0. The van der Waals surface area contributed by atoms with E-state index in [0.29, 0.717) is 13.1 Å². The van der Waals surface area contributed by atoms with E-state index in [2.05, 4.69) is 5.32 Å². The standard InChI is InChI=1S/C13H17FN2O3/c1-3-15-11(17)8-16(4-2)12-9(13(18)19)6-5-7-10(12)14/h5-7H,3-4,8H2,1-2H3,(H,15,17)(H,18,19). The third kappa shape index (κ3) is 3.67. The number of halogens is 1. The van der Waals surface area contributed by atoms with E-state index >= 15 is 0 Å². The average molecular weight is 268 g/mol.